The van der Waals surface area contributed by atoms with Crippen LogP contribution in [0.2, 0.25) is 0 Å². The van der Waals surface area contributed by atoms with E-state index >= 15 is 0 Å². The number of rotatable bonds is 5. The molecule has 26 heavy (non-hydrogen) atoms. The predicted molar refractivity (Wildman–Crippen MR) is 174 cm³/mol. The second-order valence-electron chi connectivity index (χ2n) is 4.47. The van der Waals surface area contributed by atoms with E-state index in [0.717, 1.165) is 0 Å². The lowest BCUT2D eigenvalue weighted by molar-refractivity contribution is 0.137. The quantitative estimate of drug-likeness (QED) is 0.245. The van der Waals surface area contributed by atoms with Crippen molar-refractivity contribution in [3.63, 3.8) is 0 Å². The molecular formula is C8Br17O. The molecule has 0 aromatic carbocycles. The molecule has 0 aliphatic heterocycles. The van der Waals surface area contributed by atoms with Crippen LogP contribution in [0.25, 0.3) is 0 Å². The van der Waals surface area contributed by atoms with Crippen molar-refractivity contribution < 1.29 is 5.11 Å². The van der Waals surface area contributed by atoms with Gasteiger partial charge in [-0.3, -0.25) is 0 Å². The number of hydrogen-bond acceptors (Lipinski definition) is 0. The van der Waals surface area contributed by atoms with Gasteiger partial charge in [0, 0.05) is 0 Å². The second-order valence-corrected chi connectivity index (χ2v) is 36.2. The molecule has 0 aromatic rings. The third kappa shape index (κ3) is 6.15. The summed E-state index contributed by atoms with van der Waals surface area (Å²) in [4.78, 5) is 0. The molecule has 0 spiro atoms. The summed E-state index contributed by atoms with van der Waals surface area (Å²) in [5, 5.41) is 12.7. The monoisotopic (exact) mass is 1450 g/mol. The lowest BCUT2D eigenvalue weighted by Crippen LogP contribution is -2.70. The van der Waals surface area contributed by atoms with E-state index in [1.807, 2.05) is 0 Å². The molecule has 0 heterocycles. The first-order chi connectivity index (χ1) is 10.8. The van der Waals surface area contributed by atoms with Crippen LogP contribution in [0.1, 0.15) is 0 Å². The fourth-order valence-corrected chi connectivity index (χ4v) is 19.8. The summed E-state index contributed by atoms with van der Waals surface area (Å²) in [6, 6.07) is 0. The topological polar surface area (TPSA) is 19.9 Å². The maximum atomic E-state index is 12.7. The average Bonchev–Trinajstić information content (AvgIpc) is 2.32. The van der Waals surface area contributed by atoms with Crippen LogP contribution in [0.15, 0.2) is 0 Å². The fourth-order valence-electron chi connectivity index (χ4n) is 1.31. The number of halogens is 17. The minimum Gasteiger partial charge on any atom is -0.202 e. The first kappa shape index (κ1) is 34.1. The standard InChI is InChI=1S/C8Br17O/c9-1(6(18,19)20,7(21,22)23)2(10,11)3(12,13)4(14,15)5(16,17)8(24,25)26. The molecule has 157 valence electrons. The van der Waals surface area contributed by atoms with Gasteiger partial charge in [0.15, 0.2) is 7.52 Å². The molecule has 0 bridgehead atoms. The van der Waals surface area contributed by atoms with E-state index in [1.165, 1.54) is 0 Å². The van der Waals surface area contributed by atoms with Crippen LogP contribution < -0.4 is 0 Å². The lowest BCUT2D eigenvalue weighted by atomic mass is 10.0. The van der Waals surface area contributed by atoms with E-state index in [9.17, 15) is 5.11 Å². The summed E-state index contributed by atoms with van der Waals surface area (Å²) in [5.74, 6) is 0. The van der Waals surface area contributed by atoms with E-state index < -0.39 is 25.0 Å². The average molecular weight is 1470 g/mol. The van der Waals surface area contributed by atoms with Gasteiger partial charge in [0.05, 0.1) is 0 Å². The highest BCUT2D eigenvalue weighted by atomic mass is 80.0. The van der Waals surface area contributed by atoms with Gasteiger partial charge in [0.1, 0.15) is 14.0 Å². The third-order valence-electron chi connectivity index (χ3n) is 2.76. The molecule has 0 aliphatic carbocycles. The van der Waals surface area contributed by atoms with Gasteiger partial charge in [-0.1, -0.05) is 239 Å². The van der Waals surface area contributed by atoms with Crippen LogP contribution in [-0.2, 0) is 5.11 Å². The zero-order chi connectivity index (χ0) is 22.0. The van der Waals surface area contributed by atoms with Crippen molar-refractivity contribution in [2.75, 3.05) is 0 Å². The molecule has 0 N–H and O–H groups in total. The Kier molecular flexibility index (Phi) is 14.2. The van der Waals surface area contributed by atoms with Crippen molar-refractivity contribution in [3.8, 4) is 0 Å². The Bertz CT molecular complexity index is 504. The molecule has 0 aliphatic rings. The van der Waals surface area contributed by atoms with Crippen LogP contribution in [0.3, 0.4) is 0 Å². The zero-order valence-electron chi connectivity index (χ0n) is 10.8. The van der Waals surface area contributed by atoms with Crippen LogP contribution in [0.4, 0.5) is 0 Å². The van der Waals surface area contributed by atoms with Crippen molar-refractivity contribution >= 4 is 271 Å². The lowest BCUT2D eigenvalue weighted by Gasteiger charge is -2.58. The van der Waals surface area contributed by atoms with E-state index in [4.69, 9.17) is 0 Å². The van der Waals surface area contributed by atoms with Crippen LogP contribution in [0, 0.1) is 0 Å². The SMILES string of the molecule is [O]C(Br)(Br)C(Br)(Br)C(Br)(Br)C(Br)(Br)C(Br)(Br)C(Br)(C(Br)(Br)Br)C(Br)(Br)Br. The minimum atomic E-state index is -1.83. The summed E-state index contributed by atoms with van der Waals surface area (Å²) in [6.07, 6.45) is 0. The maximum absolute atomic E-state index is 12.7. The molecule has 1 nitrogen and oxygen atoms in total. The Morgan fingerprint density at radius 3 is 0.769 bits per heavy atom. The molecule has 0 atom stereocenters. The van der Waals surface area contributed by atoms with Gasteiger partial charge < -0.3 is 0 Å². The van der Waals surface area contributed by atoms with Gasteiger partial charge in [-0.15, -0.1) is 0 Å². The van der Waals surface area contributed by atoms with Gasteiger partial charge in [-0.2, -0.15) is 0 Å². The summed E-state index contributed by atoms with van der Waals surface area (Å²) in [6.45, 7) is 0. The number of alkyl halides is 17. The molecule has 0 fully saturated rings. The Labute approximate surface area is 294 Å². The number of hydrogen-bond donors (Lipinski definition) is 0. The van der Waals surface area contributed by atoms with Gasteiger partial charge in [-0.05, 0) is 31.9 Å². The summed E-state index contributed by atoms with van der Waals surface area (Å²) in [5.41, 5.74) is 0. The molecule has 1 radical (unpaired) electrons. The molecule has 0 unspecified atom stereocenters. The second kappa shape index (κ2) is 10.8. The summed E-state index contributed by atoms with van der Waals surface area (Å²) >= 11 is 60.5. The molecule has 0 amide bonds. The van der Waals surface area contributed by atoms with E-state index in [2.05, 4.69) is 271 Å². The van der Waals surface area contributed by atoms with Gasteiger partial charge in [-0.25, -0.2) is 5.11 Å². The third-order valence-corrected chi connectivity index (χ3v) is 31.5. The van der Waals surface area contributed by atoms with E-state index in [1.54, 1.807) is 0 Å². The van der Waals surface area contributed by atoms with Crippen LogP contribution in [-0.4, -0.2) is 25.0 Å². The highest BCUT2D eigenvalue weighted by Gasteiger charge is 2.79. The van der Waals surface area contributed by atoms with Crippen LogP contribution >= 0.6 is 271 Å². The van der Waals surface area contributed by atoms with Crippen molar-refractivity contribution in [2.45, 2.75) is 25.0 Å². The van der Waals surface area contributed by atoms with Crippen molar-refractivity contribution in [3.05, 3.63) is 0 Å². The first-order valence-corrected chi connectivity index (χ1v) is 18.6. The molecule has 0 saturated heterocycles. The normalized spacial score (nSPS) is 16.8. The maximum Gasteiger partial charge on any atom is 0.239 e. The van der Waals surface area contributed by atoms with Crippen molar-refractivity contribution in [2.24, 2.45) is 0 Å². The molecule has 0 rings (SSSR count). The highest BCUT2D eigenvalue weighted by molar-refractivity contribution is 9.42. The Morgan fingerprint density at radius 1 is 0.346 bits per heavy atom. The van der Waals surface area contributed by atoms with E-state index in [-0.39, 0.29) is 0 Å². The molecule has 0 aromatic heterocycles. The zero-order valence-corrected chi connectivity index (χ0v) is 37.8. The predicted octanol–water partition coefficient (Wildman–Crippen LogP) is 12.6. The van der Waals surface area contributed by atoms with Crippen LogP contribution in [0.5, 0.6) is 0 Å². The largest absolute Gasteiger partial charge is 0.239 e. The van der Waals surface area contributed by atoms with Crippen molar-refractivity contribution in [1.82, 2.24) is 0 Å². The highest BCUT2D eigenvalue weighted by Crippen LogP contribution is 2.78. The first-order valence-electron chi connectivity index (χ1n) is 5.17. The van der Waals surface area contributed by atoms with Crippen molar-refractivity contribution in [1.29, 1.82) is 0 Å². The van der Waals surface area contributed by atoms with Gasteiger partial charge >= 0.3 is 0 Å². The van der Waals surface area contributed by atoms with Gasteiger partial charge in [0.2, 0.25) is 3.42 Å². The molecular weight excluding hydrogens is 1470 g/mol. The molecule has 18 heteroatoms. The smallest absolute Gasteiger partial charge is 0.202 e. The summed E-state index contributed by atoms with van der Waals surface area (Å²) < 4.78 is -9.50. The molecule has 0 saturated carbocycles. The fraction of sp³-hybridized carbons (Fsp3) is 1.00. The Morgan fingerprint density at radius 2 is 0.577 bits per heavy atom. The van der Waals surface area contributed by atoms with Gasteiger partial charge in [0.25, 0.3) is 0 Å². The van der Waals surface area contributed by atoms with E-state index in [0.29, 0.717) is 0 Å². The Hall–Kier alpha value is 8.12. The summed E-state index contributed by atoms with van der Waals surface area (Å²) in [7, 11) is 0. The Balaban J connectivity index is 6.86. The minimum absolute atomic E-state index is 0.912.